The van der Waals surface area contributed by atoms with Crippen molar-refractivity contribution in [2.45, 2.75) is 65.5 Å². The molecule has 0 saturated carbocycles. The van der Waals surface area contributed by atoms with Crippen molar-refractivity contribution in [2.24, 2.45) is 5.73 Å². The Kier molecular flexibility index (Phi) is 6.50. The number of hydrogen-bond acceptors (Lipinski definition) is 3. The summed E-state index contributed by atoms with van der Waals surface area (Å²) in [5.41, 5.74) is 9.49. The lowest BCUT2D eigenvalue weighted by molar-refractivity contribution is 0.134. The fraction of sp³-hybridized carbons (Fsp3) is 0.647. The molecule has 0 fully saturated rings. The fourth-order valence-corrected chi connectivity index (χ4v) is 2.71. The van der Waals surface area contributed by atoms with Gasteiger partial charge in [0, 0.05) is 6.04 Å². The standard InChI is InChI=1S/C17H29NO2/c1-6-7-20-15-8-11(2)17(12(3)9-15)13(4)10-16(19)14(5)18/h8-9,13-14,16,19H,6-7,10,18H2,1-5H3. The third kappa shape index (κ3) is 4.50. The van der Waals surface area contributed by atoms with E-state index in [1.165, 1.54) is 16.7 Å². The quantitative estimate of drug-likeness (QED) is 0.805. The molecule has 0 aliphatic carbocycles. The summed E-state index contributed by atoms with van der Waals surface area (Å²) in [5, 5.41) is 9.96. The molecule has 0 amide bonds. The Labute approximate surface area is 123 Å². The highest BCUT2D eigenvalue weighted by Gasteiger charge is 2.19. The van der Waals surface area contributed by atoms with Gasteiger partial charge in [0.05, 0.1) is 12.7 Å². The first-order chi connectivity index (χ1) is 9.36. The maximum Gasteiger partial charge on any atom is 0.119 e. The van der Waals surface area contributed by atoms with E-state index in [9.17, 15) is 5.11 Å². The van der Waals surface area contributed by atoms with E-state index < -0.39 is 6.10 Å². The van der Waals surface area contributed by atoms with E-state index >= 15 is 0 Å². The van der Waals surface area contributed by atoms with Crippen molar-refractivity contribution in [2.75, 3.05) is 6.61 Å². The highest BCUT2D eigenvalue weighted by atomic mass is 16.5. The highest BCUT2D eigenvalue weighted by molar-refractivity contribution is 5.43. The van der Waals surface area contributed by atoms with Crippen molar-refractivity contribution in [1.29, 1.82) is 0 Å². The monoisotopic (exact) mass is 279 g/mol. The van der Waals surface area contributed by atoms with Crippen LogP contribution in [0.1, 0.15) is 56.2 Å². The second kappa shape index (κ2) is 7.65. The fourth-order valence-electron chi connectivity index (χ4n) is 2.71. The molecule has 114 valence electrons. The molecule has 3 nitrogen and oxygen atoms in total. The van der Waals surface area contributed by atoms with Gasteiger partial charge in [-0.2, -0.15) is 0 Å². The largest absolute Gasteiger partial charge is 0.494 e. The van der Waals surface area contributed by atoms with Crippen molar-refractivity contribution in [1.82, 2.24) is 0 Å². The summed E-state index contributed by atoms with van der Waals surface area (Å²) in [6.45, 7) is 11.1. The van der Waals surface area contributed by atoms with Crippen molar-refractivity contribution < 1.29 is 9.84 Å². The van der Waals surface area contributed by atoms with Crippen molar-refractivity contribution in [3.8, 4) is 5.75 Å². The lowest BCUT2D eigenvalue weighted by Gasteiger charge is -2.23. The van der Waals surface area contributed by atoms with Crippen LogP contribution in [0.2, 0.25) is 0 Å². The molecule has 20 heavy (non-hydrogen) atoms. The lowest BCUT2D eigenvalue weighted by Crippen LogP contribution is -2.32. The summed E-state index contributed by atoms with van der Waals surface area (Å²) in [5.74, 6) is 1.22. The van der Waals surface area contributed by atoms with Crippen LogP contribution >= 0.6 is 0 Å². The smallest absolute Gasteiger partial charge is 0.119 e. The number of rotatable bonds is 7. The molecule has 0 saturated heterocycles. The minimum absolute atomic E-state index is 0.190. The summed E-state index contributed by atoms with van der Waals surface area (Å²) in [4.78, 5) is 0. The second-order valence-electron chi connectivity index (χ2n) is 5.88. The van der Waals surface area contributed by atoms with Crippen LogP contribution in [0.25, 0.3) is 0 Å². The van der Waals surface area contributed by atoms with Crippen LogP contribution in [-0.4, -0.2) is 23.9 Å². The van der Waals surface area contributed by atoms with Gasteiger partial charge in [-0.15, -0.1) is 0 Å². The predicted octanol–water partition coefficient (Wildman–Crippen LogP) is 3.29. The minimum Gasteiger partial charge on any atom is -0.494 e. The topological polar surface area (TPSA) is 55.5 Å². The summed E-state index contributed by atoms with van der Waals surface area (Å²) < 4.78 is 5.70. The van der Waals surface area contributed by atoms with Crippen molar-refractivity contribution in [3.05, 3.63) is 28.8 Å². The van der Waals surface area contributed by atoms with Gasteiger partial charge in [0.1, 0.15) is 5.75 Å². The zero-order chi connectivity index (χ0) is 15.3. The molecule has 0 aliphatic heterocycles. The Bertz CT molecular complexity index is 406. The Hall–Kier alpha value is -1.06. The molecule has 1 rings (SSSR count). The molecule has 0 aliphatic rings. The van der Waals surface area contributed by atoms with Crippen LogP contribution in [0, 0.1) is 13.8 Å². The number of nitrogens with two attached hydrogens (primary N) is 1. The van der Waals surface area contributed by atoms with Gasteiger partial charge in [0.2, 0.25) is 0 Å². The highest BCUT2D eigenvalue weighted by Crippen LogP contribution is 2.31. The summed E-state index contributed by atoms with van der Waals surface area (Å²) in [6.07, 6.45) is 1.24. The third-order valence-electron chi connectivity index (χ3n) is 3.73. The molecule has 1 aromatic carbocycles. The summed E-state index contributed by atoms with van der Waals surface area (Å²) in [7, 11) is 0. The second-order valence-corrected chi connectivity index (χ2v) is 5.88. The molecule has 3 heteroatoms. The first-order valence-electron chi connectivity index (χ1n) is 7.54. The molecule has 3 unspecified atom stereocenters. The van der Waals surface area contributed by atoms with Crippen LogP contribution in [-0.2, 0) is 0 Å². The van der Waals surface area contributed by atoms with E-state index in [2.05, 4.69) is 39.8 Å². The van der Waals surface area contributed by atoms with Crippen LogP contribution in [0.4, 0.5) is 0 Å². The molecular weight excluding hydrogens is 250 g/mol. The van der Waals surface area contributed by atoms with Crippen LogP contribution in [0.5, 0.6) is 5.75 Å². The normalized spacial score (nSPS) is 15.8. The zero-order valence-corrected chi connectivity index (χ0v) is 13.4. The SMILES string of the molecule is CCCOc1cc(C)c(C(C)CC(O)C(C)N)c(C)c1. The van der Waals surface area contributed by atoms with E-state index in [1.807, 2.05) is 6.92 Å². The van der Waals surface area contributed by atoms with Crippen LogP contribution in [0.15, 0.2) is 12.1 Å². The minimum atomic E-state index is -0.459. The van der Waals surface area contributed by atoms with E-state index in [4.69, 9.17) is 10.5 Å². The van der Waals surface area contributed by atoms with Crippen LogP contribution < -0.4 is 10.5 Å². The molecule has 3 N–H and O–H groups in total. The van der Waals surface area contributed by atoms with Crippen molar-refractivity contribution >= 4 is 0 Å². The average molecular weight is 279 g/mol. The molecule has 3 atom stereocenters. The predicted molar refractivity (Wildman–Crippen MR) is 84.4 cm³/mol. The van der Waals surface area contributed by atoms with E-state index in [1.54, 1.807) is 0 Å². The van der Waals surface area contributed by atoms with Crippen LogP contribution in [0.3, 0.4) is 0 Å². The number of aliphatic hydroxyl groups excluding tert-OH is 1. The molecule has 0 spiro atoms. The average Bonchev–Trinajstić information content (AvgIpc) is 2.35. The maximum absolute atomic E-state index is 9.96. The lowest BCUT2D eigenvalue weighted by atomic mass is 9.87. The molecule has 0 heterocycles. The zero-order valence-electron chi connectivity index (χ0n) is 13.4. The molecule has 1 aromatic rings. The van der Waals surface area contributed by atoms with Gasteiger partial charge < -0.3 is 15.6 Å². The molecule has 0 radical (unpaired) electrons. The van der Waals surface area contributed by atoms with Gasteiger partial charge in [-0.05, 0) is 68.4 Å². The number of aryl methyl sites for hydroxylation is 2. The van der Waals surface area contributed by atoms with Gasteiger partial charge in [0.25, 0.3) is 0 Å². The summed E-state index contributed by atoms with van der Waals surface area (Å²) >= 11 is 0. The Morgan fingerprint density at radius 2 is 1.75 bits per heavy atom. The summed E-state index contributed by atoms with van der Waals surface area (Å²) in [6, 6.07) is 3.99. The molecule has 0 bridgehead atoms. The number of aliphatic hydroxyl groups is 1. The maximum atomic E-state index is 9.96. The van der Waals surface area contributed by atoms with Gasteiger partial charge in [-0.1, -0.05) is 13.8 Å². The third-order valence-corrected chi connectivity index (χ3v) is 3.73. The first kappa shape index (κ1) is 17.0. The van der Waals surface area contributed by atoms with Gasteiger partial charge in [-0.25, -0.2) is 0 Å². The van der Waals surface area contributed by atoms with Gasteiger partial charge in [-0.3, -0.25) is 0 Å². The number of hydrogen-bond donors (Lipinski definition) is 2. The van der Waals surface area contributed by atoms with Crippen molar-refractivity contribution in [3.63, 3.8) is 0 Å². The van der Waals surface area contributed by atoms with E-state index in [0.717, 1.165) is 18.8 Å². The van der Waals surface area contributed by atoms with E-state index in [-0.39, 0.29) is 12.0 Å². The first-order valence-corrected chi connectivity index (χ1v) is 7.54. The Morgan fingerprint density at radius 1 is 1.20 bits per heavy atom. The number of benzene rings is 1. The Morgan fingerprint density at radius 3 is 2.20 bits per heavy atom. The van der Waals surface area contributed by atoms with Gasteiger partial charge >= 0.3 is 0 Å². The molecule has 0 aromatic heterocycles. The number of ether oxygens (including phenoxy) is 1. The van der Waals surface area contributed by atoms with E-state index in [0.29, 0.717) is 6.42 Å². The van der Waals surface area contributed by atoms with Gasteiger partial charge in [0.15, 0.2) is 0 Å². The Balaban J connectivity index is 2.89. The molecular formula is C17H29NO2.